The van der Waals surface area contributed by atoms with Gasteiger partial charge in [-0.15, -0.1) is 4.40 Å². The highest BCUT2D eigenvalue weighted by Gasteiger charge is 2.43. The van der Waals surface area contributed by atoms with Crippen molar-refractivity contribution in [3.63, 3.8) is 0 Å². The van der Waals surface area contributed by atoms with Crippen LogP contribution in [0.5, 0.6) is 0 Å². The lowest BCUT2D eigenvalue weighted by Crippen LogP contribution is -2.42. The topological polar surface area (TPSA) is 95.9 Å². The second kappa shape index (κ2) is 10.5. The van der Waals surface area contributed by atoms with E-state index in [9.17, 15) is 18.0 Å². The van der Waals surface area contributed by atoms with Gasteiger partial charge in [-0.1, -0.05) is 60.3 Å². The Hall–Kier alpha value is -2.36. The molecule has 1 aliphatic carbocycles. The Morgan fingerprint density at radius 1 is 1.09 bits per heavy atom. The van der Waals surface area contributed by atoms with Crippen molar-refractivity contribution < 1.29 is 18.0 Å². The van der Waals surface area contributed by atoms with E-state index < -0.39 is 15.3 Å². The van der Waals surface area contributed by atoms with E-state index in [0.29, 0.717) is 10.7 Å². The van der Waals surface area contributed by atoms with Gasteiger partial charge in [0.15, 0.2) is 5.17 Å². The third kappa shape index (κ3) is 5.82. The largest absolute Gasteiger partial charge is 0.326 e. The molecule has 34 heavy (non-hydrogen) atoms. The number of nitrogens with zero attached hydrogens (tertiary/aromatic N) is 2. The van der Waals surface area contributed by atoms with Crippen molar-refractivity contribution in [1.82, 2.24) is 4.90 Å². The van der Waals surface area contributed by atoms with Crippen molar-refractivity contribution in [2.24, 2.45) is 4.40 Å². The fourth-order valence-electron chi connectivity index (χ4n) is 4.13. The second-order valence-electron chi connectivity index (χ2n) is 8.53. The van der Waals surface area contributed by atoms with Gasteiger partial charge in [-0.05, 0) is 56.2 Å². The molecule has 2 aliphatic rings. The molecular weight excluding hydrogens is 494 g/mol. The van der Waals surface area contributed by atoms with Crippen LogP contribution in [0.2, 0.25) is 5.02 Å². The molecule has 0 spiro atoms. The fourth-order valence-corrected chi connectivity index (χ4v) is 6.66. The first kappa shape index (κ1) is 24.8. The Morgan fingerprint density at radius 3 is 2.38 bits per heavy atom. The fraction of sp³-hybridized carbons (Fsp3) is 0.375. The summed E-state index contributed by atoms with van der Waals surface area (Å²) in [5.41, 5.74) is 1.51. The van der Waals surface area contributed by atoms with Crippen molar-refractivity contribution in [2.45, 2.75) is 61.6 Å². The Kier molecular flexibility index (Phi) is 7.64. The van der Waals surface area contributed by atoms with E-state index >= 15 is 0 Å². The molecule has 0 bridgehead atoms. The molecule has 1 aliphatic heterocycles. The maximum Gasteiger partial charge on any atom is 0.284 e. The van der Waals surface area contributed by atoms with Crippen molar-refractivity contribution >= 4 is 56.1 Å². The van der Waals surface area contributed by atoms with Crippen molar-refractivity contribution in [1.29, 1.82) is 0 Å². The van der Waals surface area contributed by atoms with Crippen LogP contribution < -0.4 is 5.32 Å². The summed E-state index contributed by atoms with van der Waals surface area (Å²) in [6.07, 6.45) is 4.53. The van der Waals surface area contributed by atoms with Crippen LogP contribution >= 0.6 is 23.4 Å². The molecule has 2 aromatic rings. The summed E-state index contributed by atoms with van der Waals surface area (Å²) in [5, 5.41) is 2.74. The van der Waals surface area contributed by atoms with Gasteiger partial charge in [0, 0.05) is 23.2 Å². The quantitative estimate of drug-likeness (QED) is 0.579. The van der Waals surface area contributed by atoms with Crippen LogP contribution in [-0.4, -0.2) is 41.6 Å². The minimum atomic E-state index is -4.00. The lowest BCUT2D eigenvalue weighted by Gasteiger charge is -2.30. The smallest absolute Gasteiger partial charge is 0.284 e. The van der Waals surface area contributed by atoms with Gasteiger partial charge in [-0.2, -0.15) is 8.42 Å². The number of benzene rings is 2. The Balaban J connectivity index is 1.57. The minimum absolute atomic E-state index is 0.0752. The average Bonchev–Trinajstić information content (AvgIpc) is 3.10. The van der Waals surface area contributed by atoms with Gasteiger partial charge in [0.2, 0.25) is 11.8 Å². The number of amides is 2. The highest BCUT2D eigenvalue weighted by Crippen LogP contribution is 2.36. The summed E-state index contributed by atoms with van der Waals surface area (Å²) < 4.78 is 30.1. The number of sulfonamides is 1. The number of carbonyl (C=O) groups is 2. The number of halogens is 1. The SMILES string of the molecule is Cc1ccc(S(=O)(=O)/N=C2/SC(CC(=O)Nc3ccc(Cl)cc3)C(=O)N2C2CCCCC2)cc1. The van der Waals surface area contributed by atoms with Crippen LogP contribution in [0.25, 0.3) is 0 Å². The van der Waals surface area contributed by atoms with Gasteiger partial charge in [-0.3, -0.25) is 14.5 Å². The number of thioether (sulfide) groups is 1. The maximum atomic E-state index is 13.3. The van der Waals surface area contributed by atoms with Crippen LogP contribution in [0.1, 0.15) is 44.1 Å². The van der Waals surface area contributed by atoms with Crippen LogP contribution in [0.15, 0.2) is 57.8 Å². The molecule has 2 fully saturated rings. The van der Waals surface area contributed by atoms with E-state index in [-0.39, 0.29) is 34.3 Å². The zero-order chi connectivity index (χ0) is 24.3. The predicted molar refractivity (Wildman–Crippen MR) is 136 cm³/mol. The third-order valence-electron chi connectivity index (χ3n) is 5.92. The van der Waals surface area contributed by atoms with Gasteiger partial charge in [-0.25, -0.2) is 0 Å². The third-order valence-corrected chi connectivity index (χ3v) is 8.72. The Labute approximate surface area is 209 Å². The van der Waals surface area contributed by atoms with Crippen molar-refractivity contribution in [3.8, 4) is 0 Å². The van der Waals surface area contributed by atoms with Crippen LogP contribution in [0.3, 0.4) is 0 Å². The summed E-state index contributed by atoms with van der Waals surface area (Å²) in [7, 11) is -4.00. The van der Waals surface area contributed by atoms with Crippen LogP contribution in [0, 0.1) is 6.92 Å². The molecule has 0 radical (unpaired) electrons. The molecule has 1 saturated heterocycles. The molecule has 1 heterocycles. The number of hydrogen-bond donors (Lipinski definition) is 1. The Bertz CT molecular complexity index is 1190. The molecule has 1 N–H and O–H groups in total. The summed E-state index contributed by atoms with van der Waals surface area (Å²) in [5.74, 6) is -0.597. The molecular formula is C24H26ClN3O4S2. The molecule has 10 heteroatoms. The number of rotatable bonds is 6. The van der Waals surface area contributed by atoms with Gasteiger partial charge in [0.25, 0.3) is 10.0 Å². The van der Waals surface area contributed by atoms with E-state index in [1.807, 2.05) is 6.92 Å². The number of amidine groups is 1. The van der Waals surface area contributed by atoms with Gasteiger partial charge in [0.05, 0.1) is 4.90 Å². The molecule has 1 saturated carbocycles. The number of aryl methyl sites for hydroxylation is 1. The number of anilines is 1. The molecule has 4 rings (SSSR count). The zero-order valence-corrected chi connectivity index (χ0v) is 21.1. The highest BCUT2D eigenvalue weighted by molar-refractivity contribution is 8.16. The normalized spacial score (nSPS) is 20.6. The first-order valence-corrected chi connectivity index (χ1v) is 13.9. The molecule has 2 amide bonds. The highest BCUT2D eigenvalue weighted by atomic mass is 35.5. The molecule has 1 unspecified atom stereocenters. The maximum absolute atomic E-state index is 13.3. The van der Waals surface area contributed by atoms with E-state index in [4.69, 9.17) is 11.6 Å². The Morgan fingerprint density at radius 2 is 1.74 bits per heavy atom. The van der Waals surface area contributed by atoms with Gasteiger partial charge < -0.3 is 5.32 Å². The van der Waals surface area contributed by atoms with Crippen LogP contribution in [0.4, 0.5) is 5.69 Å². The minimum Gasteiger partial charge on any atom is -0.326 e. The number of carbonyl (C=O) groups excluding carboxylic acids is 2. The summed E-state index contributed by atoms with van der Waals surface area (Å²) in [4.78, 5) is 27.6. The lowest BCUT2D eigenvalue weighted by molar-refractivity contribution is -0.130. The molecule has 180 valence electrons. The van der Waals surface area contributed by atoms with Crippen LogP contribution in [-0.2, 0) is 19.6 Å². The molecule has 0 aromatic heterocycles. The molecule has 1 atom stereocenters. The zero-order valence-electron chi connectivity index (χ0n) is 18.7. The monoisotopic (exact) mass is 519 g/mol. The van der Waals surface area contributed by atoms with E-state index in [0.717, 1.165) is 49.4 Å². The van der Waals surface area contributed by atoms with Crippen molar-refractivity contribution in [2.75, 3.05) is 5.32 Å². The number of hydrogen-bond acceptors (Lipinski definition) is 5. The first-order valence-electron chi connectivity index (χ1n) is 11.2. The average molecular weight is 520 g/mol. The van der Waals surface area contributed by atoms with Gasteiger partial charge >= 0.3 is 0 Å². The molecule has 7 nitrogen and oxygen atoms in total. The van der Waals surface area contributed by atoms with E-state index in [2.05, 4.69) is 9.71 Å². The standard InChI is InChI=1S/C24H26ClN3O4S2/c1-16-7-13-20(14-8-16)34(31,32)27-24-28(19-5-3-2-4-6-19)23(30)21(33-24)15-22(29)26-18-11-9-17(25)10-12-18/h7-14,19,21H,2-6,15H2,1H3,(H,26,29)/b27-24+. The lowest BCUT2D eigenvalue weighted by atomic mass is 9.94. The molecule has 2 aromatic carbocycles. The predicted octanol–water partition coefficient (Wildman–Crippen LogP) is 5.00. The number of nitrogens with one attached hydrogen (secondary N) is 1. The summed E-state index contributed by atoms with van der Waals surface area (Å²) in [6, 6.07) is 13.0. The first-order chi connectivity index (χ1) is 16.2. The van der Waals surface area contributed by atoms with E-state index in [1.54, 1.807) is 36.4 Å². The van der Waals surface area contributed by atoms with Gasteiger partial charge in [0.1, 0.15) is 5.25 Å². The summed E-state index contributed by atoms with van der Waals surface area (Å²) >= 11 is 6.94. The van der Waals surface area contributed by atoms with Crippen molar-refractivity contribution in [3.05, 3.63) is 59.1 Å². The van der Waals surface area contributed by atoms with E-state index in [1.165, 1.54) is 17.0 Å². The summed E-state index contributed by atoms with van der Waals surface area (Å²) in [6.45, 7) is 1.87. The second-order valence-corrected chi connectivity index (χ2v) is 11.7.